The molecule has 1 aliphatic carbocycles. The minimum Gasteiger partial charge on any atom is -0.472 e. The number of nitrogens with one attached hydrogen (secondary N) is 1. The molecule has 1 saturated heterocycles. The molecule has 1 N–H and O–H groups in total. The van der Waals surface area contributed by atoms with E-state index in [9.17, 15) is 9.59 Å². The molecule has 3 rings (SSSR count). The maximum atomic E-state index is 12.4. The van der Waals surface area contributed by atoms with Gasteiger partial charge in [0.15, 0.2) is 0 Å². The Morgan fingerprint density at radius 1 is 1.45 bits per heavy atom. The van der Waals surface area contributed by atoms with Gasteiger partial charge in [0, 0.05) is 31.5 Å². The smallest absolute Gasteiger partial charge is 0.257 e. The molecule has 2 aliphatic rings. The van der Waals surface area contributed by atoms with Crippen molar-refractivity contribution in [2.24, 2.45) is 11.3 Å². The van der Waals surface area contributed by atoms with E-state index in [-0.39, 0.29) is 23.1 Å². The lowest BCUT2D eigenvalue weighted by Gasteiger charge is -2.30. The molecule has 1 saturated carbocycles. The molecule has 20 heavy (non-hydrogen) atoms. The van der Waals surface area contributed by atoms with Crippen LogP contribution in [0, 0.1) is 11.3 Å². The first-order chi connectivity index (χ1) is 9.66. The van der Waals surface area contributed by atoms with Crippen molar-refractivity contribution < 1.29 is 14.0 Å². The standard InChI is InChI=1S/C15H20N2O3/c1-16-13(18)12-3-2-5-15(12)6-7-17(10-15)14(19)11-4-8-20-9-11/h4,8-9,12H,2-3,5-7,10H2,1H3,(H,16,18)/t12-,15+/m0/s1. The summed E-state index contributed by atoms with van der Waals surface area (Å²) in [4.78, 5) is 26.3. The summed E-state index contributed by atoms with van der Waals surface area (Å²) in [6.07, 6.45) is 6.98. The van der Waals surface area contributed by atoms with Gasteiger partial charge in [-0.25, -0.2) is 0 Å². The Balaban J connectivity index is 1.75. The predicted octanol–water partition coefficient (Wildman–Crippen LogP) is 1.66. The SMILES string of the molecule is CNC(=O)[C@@H]1CCC[C@]12CCN(C(=O)c1ccoc1)C2. The highest BCUT2D eigenvalue weighted by Crippen LogP contribution is 2.50. The summed E-state index contributed by atoms with van der Waals surface area (Å²) in [6.45, 7) is 1.42. The molecule has 2 fully saturated rings. The maximum absolute atomic E-state index is 12.4. The molecule has 108 valence electrons. The second-order valence-corrected chi connectivity index (χ2v) is 5.91. The summed E-state index contributed by atoms with van der Waals surface area (Å²) in [5.74, 6) is 0.188. The zero-order valence-corrected chi connectivity index (χ0v) is 11.7. The Morgan fingerprint density at radius 2 is 2.30 bits per heavy atom. The number of hydrogen-bond acceptors (Lipinski definition) is 3. The molecule has 2 atom stereocenters. The zero-order chi connectivity index (χ0) is 14.2. The van der Waals surface area contributed by atoms with Crippen LogP contribution in [-0.4, -0.2) is 36.9 Å². The molecule has 2 amide bonds. The monoisotopic (exact) mass is 276 g/mol. The van der Waals surface area contributed by atoms with Crippen LogP contribution in [0.2, 0.25) is 0 Å². The van der Waals surface area contributed by atoms with Crippen molar-refractivity contribution in [1.82, 2.24) is 10.2 Å². The number of furan rings is 1. The van der Waals surface area contributed by atoms with Gasteiger partial charge in [0.05, 0.1) is 11.8 Å². The van der Waals surface area contributed by atoms with Gasteiger partial charge in [-0.1, -0.05) is 6.42 Å². The number of likely N-dealkylation sites (tertiary alicyclic amines) is 1. The number of carbonyl (C=O) groups excluding carboxylic acids is 2. The van der Waals surface area contributed by atoms with Gasteiger partial charge in [0.1, 0.15) is 6.26 Å². The fraction of sp³-hybridized carbons (Fsp3) is 0.600. The van der Waals surface area contributed by atoms with Gasteiger partial charge in [0.25, 0.3) is 5.91 Å². The fourth-order valence-electron chi connectivity index (χ4n) is 3.85. The van der Waals surface area contributed by atoms with Gasteiger partial charge in [-0.05, 0) is 25.3 Å². The topological polar surface area (TPSA) is 62.6 Å². The van der Waals surface area contributed by atoms with E-state index in [2.05, 4.69) is 5.32 Å². The molecule has 2 heterocycles. The van der Waals surface area contributed by atoms with Crippen molar-refractivity contribution in [3.8, 4) is 0 Å². The Labute approximate surface area is 118 Å². The van der Waals surface area contributed by atoms with Crippen LogP contribution in [-0.2, 0) is 4.79 Å². The van der Waals surface area contributed by atoms with Gasteiger partial charge >= 0.3 is 0 Å². The number of carbonyl (C=O) groups is 2. The maximum Gasteiger partial charge on any atom is 0.257 e. The Kier molecular flexibility index (Phi) is 3.28. The van der Waals surface area contributed by atoms with Crippen LogP contribution in [0.15, 0.2) is 23.0 Å². The molecule has 1 aromatic heterocycles. The first kappa shape index (κ1) is 13.2. The van der Waals surface area contributed by atoms with E-state index in [1.165, 1.54) is 12.5 Å². The Bertz CT molecular complexity index is 511. The first-order valence-electron chi connectivity index (χ1n) is 7.19. The zero-order valence-electron chi connectivity index (χ0n) is 11.7. The van der Waals surface area contributed by atoms with E-state index in [0.717, 1.165) is 32.2 Å². The highest BCUT2D eigenvalue weighted by molar-refractivity contribution is 5.94. The third-order valence-electron chi connectivity index (χ3n) is 4.91. The van der Waals surface area contributed by atoms with Crippen LogP contribution in [0.3, 0.4) is 0 Å². The number of nitrogens with zero attached hydrogens (tertiary/aromatic N) is 1. The Hall–Kier alpha value is -1.78. The molecule has 0 radical (unpaired) electrons. The predicted molar refractivity (Wildman–Crippen MR) is 73.1 cm³/mol. The molecular formula is C15H20N2O3. The van der Waals surface area contributed by atoms with Gasteiger partial charge in [0.2, 0.25) is 5.91 Å². The summed E-state index contributed by atoms with van der Waals surface area (Å²) in [7, 11) is 1.69. The van der Waals surface area contributed by atoms with Crippen LogP contribution < -0.4 is 5.32 Å². The second-order valence-electron chi connectivity index (χ2n) is 5.91. The van der Waals surface area contributed by atoms with Gasteiger partial charge in [-0.15, -0.1) is 0 Å². The number of hydrogen-bond donors (Lipinski definition) is 1. The average molecular weight is 276 g/mol. The highest BCUT2D eigenvalue weighted by atomic mass is 16.3. The van der Waals surface area contributed by atoms with E-state index < -0.39 is 0 Å². The van der Waals surface area contributed by atoms with E-state index in [1.807, 2.05) is 4.90 Å². The average Bonchev–Trinajstić information content (AvgIpc) is 3.19. The fourth-order valence-corrected chi connectivity index (χ4v) is 3.85. The minimum absolute atomic E-state index is 0.0122. The van der Waals surface area contributed by atoms with Crippen LogP contribution in [0.25, 0.3) is 0 Å². The summed E-state index contributed by atoms with van der Waals surface area (Å²) < 4.78 is 4.98. The highest BCUT2D eigenvalue weighted by Gasteiger charge is 2.51. The van der Waals surface area contributed by atoms with Crippen molar-refractivity contribution in [2.75, 3.05) is 20.1 Å². The lowest BCUT2D eigenvalue weighted by molar-refractivity contribution is -0.127. The van der Waals surface area contributed by atoms with E-state index in [0.29, 0.717) is 12.1 Å². The van der Waals surface area contributed by atoms with E-state index >= 15 is 0 Å². The van der Waals surface area contributed by atoms with Crippen LogP contribution in [0.1, 0.15) is 36.0 Å². The van der Waals surface area contributed by atoms with Crippen molar-refractivity contribution in [1.29, 1.82) is 0 Å². The van der Waals surface area contributed by atoms with Gasteiger partial charge in [-0.2, -0.15) is 0 Å². The summed E-state index contributed by atoms with van der Waals surface area (Å²) in [6, 6.07) is 1.69. The van der Waals surface area contributed by atoms with Crippen LogP contribution in [0.5, 0.6) is 0 Å². The molecule has 5 heteroatoms. The molecule has 0 bridgehead atoms. The van der Waals surface area contributed by atoms with Gasteiger partial charge in [-0.3, -0.25) is 9.59 Å². The molecule has 1 aliphatic heterocycles. The third-order valence-corrected chi connectivity index (χ3v) is 4.91. The quantitative estimate of drug-likeness (QED) is 0.893. The van der Waals surface area contributed by atoms with Gasteiger partial charge < -0.3 is 14.6 Å². The minimum atomic E-state index is -0.0144. The normalized spacial score (nSPS) is 29.1. The largest absolute Gasteiger partial charge is 0.472 e. The van der Waals surface area contributed by atoms with Crippen molar-refractivity contribution in [3.05, 3.63) is 24.2 Å². The lowest BCUT2D eigenvalue weighted by Crippen LogP contribution is -2.40. The molecule has 1 aromatic rings. The van der Waals surface area contributed by atoms with Crippen molar-refractivity contribution in [3.63, 3.8) is 0 Å². The number of rotatable bonds is 2. The summed E-state index contributed by atoms with van der Waals surface area (Å²) in [5, 5.41) is 2.77. The summed E-state index contributed by atoms with van der Waals surface area (Å²) in [5.41, 5.74) is 0.580. The molecule has 1 spiro atoms. The second kappa shape index (κ2) is 4.96. The molecule has 5 nitrogen and oxygen atoms in total. The summed E-state index contributed by atoms with van der Waals surface area (Å²) >= 11 is 0. The molecular weight excluding hydrogens is 256 g/mol. The molecule has 0 unspecified atom stereocenters. The van der Waals surface area contributed by atoms with Crippen LogP contribution in [0.4, 0.5) is 0 Å². The first-order valence-corrected chi connectivity index (χ1v) is 7.19. The lowest BCUT2D eigenvalue weighted by atomic mass is 9.76. The van der Waals surface area contributed by atoms with Crippen molar-refractivity contribution >= 4 is 11.8 Å². The van der Waals surface area contributed by atoms with Crippen LogP contribution >= 0.6 is 0 Å². The third kappa shape index (κ3) is 2.01. The van der Waals surface area contributed by atoms with E-state index in [4.69, 9.17) is 4.42 Å². The van der Waals surface area contributed by atoms with Crippen molar-refractivity contribution in [2.45, 2.75) is 25.7 Å². The Morgan fingerprint density at radius 3 is 3.00 bits per heavy atom. The van der Waals surface area contributed by atoms with E-state index in [1.54, 1.807) is 13.1 Å². The molecule has 0 aromatic carbocycles. The number of amides is 2.